The van der Waals surface area contributed by atoms with Crippen LogP contribution >= 0.6 is 15.9 Å². The van der Waals surface area contributed by atoms with Crippen molar-refractivity contribution in [3.63, 3.8) is 0 Å². The van der Waals surface area contributed by atoms with Crippen molar-refractivity contribution in [1.29, 1.82) is 0 Å². The minimum Gasteiger partial charge on any atom is -0.302 e. The first-order valence-corrected chi connectivity index (χ1v) is 4.86. The van der Waals surface area contributed by atoms with Gasteiger partial charge in [-0.1, -0.05) is 0 Å². The van der Waals surface area contributed by atoms with Crippen LogP contribution in [0.25, 0.3) is 0 Å². The molecule has 0 N–H and O–H groups in total. The zero-order chi connectivity index (χ0) is 8.72. The summed E-state index contributed by atoms with van der Waals surface area (Å²) in [6.45, 7) is 2.16. The first-order valence-electron chi connectivity index (χ1n) is 4.07. The third-order valence-electron chi connectivity index (χ3n) is 2.38. The fraction of sp³-hybridized carbons (Fsp3) is 0.625. The molecular weight excluding hydrogens is 218 g/mol. The Morgan fingerprint density at radius 1 is 1.42 bits per heavy atom. The average molecular weight is 230 g/mol. The molecule has 1 aliphatic rings. The molecule has 0 saturated heterocycles. The Kier molecular flexibility index (Phi) is 1.96. The molecule has 0 amide bonds. The molecule has 1 aromatic heterocycles. The smallest absolute Gasteiger partial charge is 0.132 e. The Bertz CT molecular complexity index is 305. The molecule has 0 bridgehead atoms. The number of hydrogen-bond donors (Lipinski definition) is 0. The van der Waals surface area contributed by atoms with Crippen LogP contribution in [0.15, 0.2) is 4.60 Å². The number of nitrogens with zero attached hydrogens (tertiary/aromatic N) is 3. The maximum atomic E-state index is 4.33. The quantitative estimate of drug-likeness (QED) is 0.667. The second-order valence-electron chi connectivity index (χ2n) is 3.33. The van der Waals surface area contributed by atoms with E-state index >= 15 is 0 Å². The van der Waals surface area contributed by atoms with Gasteiger partial charge < -0.3 is 4.90 Å². The molecule has 0 aliphatic carbocycles. The van der Waals surface area contributed by atoms with E-state index in [0.29, 0.717) is 0 Å². The molecule has 0 unspecified atom stereocenters. The Morgan fingerprint density at radius 3 is 2.92 bits per heavy atom. The van der Waals surface area contributed by atoms with Crippen LogP contribution < -0.4 is 0 Å². The number of aryl methyl sites for hydroxylation is 1. The lowest BCUT2D eigenvalue weighted by Gasteiger charge is -2.22. The summed E-state index contributed by atoms with van der Waals surface area (Å²) in [5.41, 5.74) is 2.73. The van der Waals surface area contributed by atoms with Gasteiger partial charge in [0.05, 0.1) is 0 Å². The number of rotatable bonds is 0. The summed E-state index contributed by atoms with van der Waals surface area (Å²) in [5.74, 6) is 0. The summed E-state index contributed by atoms with van der Waals surface area (Å²) in [7, 11) is 4.15. The van der Waals surface area contributed by atoms with Crippen LogP contribution in [0.4, 0.5) is 0 Å². The Labute approximate surface area is 80.5 Å². The van der Waals surface area contributed by atoms with Gasteiger partial charge in [-0.05, 0) is 23.0 Å². The molecule has 2 heterocycles. The molecule has 0 radical (unpaired) electrons. The highest BCUT2D eigenvalue weighted by Gasteiger charge is 2.20. The molecule has 0 atom stereocenters. The maximum absolute atomic E-state index is 4.33. The molecule has 1 aromatic rings. The van der Waals surface area contributed by atoms with Crippen molar-refractivity contribution in [2.24, 2.45) is 7.05 Å². The predicted molar refractivity (Wildman–Crippen MR) is 50.9 cm³/mol. The molecule has 1 aliphatic heterocycles. The summed E-state index contributed by atoms with van der Waals surface area (Å²) in [5, 5.41) is 4.33. The summed E-state index contributed by atoms with van der Waals surface area (Å²) >= 11 is 3.47. The van der Waals surface area contributed by atoms with E-state index in [0.717, 1.165) is 24.1 Å². The highest BCUT2D eigenvalue weighted by Crippen LogP contribution is 2.24. The zero-order valence-corrected chi connectivity index (χ0v) is 8.93. The maximum Gasteiger partial charge on any atom is 0.132 e. The van der Waals surface area contributed by atoms with Crippen molar-refractivity contribution in [3.05, 3.63) is 15.9 Å². The molecule has 0 fully saturated rings. The first kappa shape index (κ1) is 8.26. The van der Waals surface area contributed by atoms with Crippen LogP contribution in [0.3, 0.4) is 0 Å². The lowest BCUT2D eigenvalue weighted by atomic mass is 10.1. The van der Waals surface area contributed by atoms with Gasteiger partial charge in [-0.3, -0.25) is 4.68 Å². The third kappa shape index (κ3) is 1.19. The van der Waals surface area contributed by atoms with Gasteiger partial charge in [0, 0.05) is 37.8 Å². The molecule has 2 rings (SSSR count). The average Bonchev–Trinajstić information content (AvgIpc) is 2.28. The van der Waals surface area contributed by atoms with E-state index in [-0.39, 0.29) is 0 Å². The molecule has 4 heteroatoms. The topological polar surface area (TPSA) is 21.1 Å². The molecule has 12 heavy (non-hydrogen) atoms. The first-order chi connectivity index (χ1) is 5.68. The number of hydrogen-bond acceptors (Lipinski definition) is 2. The molecular formula is C8H12BrN3. The summed E-state index contributed by atoms with van der Waals surface area (Å²) in [4.78, 5) is 2.31. The van der Waals surface area contributed by atoms with Crippen molar-refractivity contribution in [2.75, 3.05) is 13.6 Å². The highest BCUT2D eigenvalue weighted by atomic mass is 79.9. The van der Waals surface area contributed by atoms with Crippen LogP contribution in [0, 0.1) is 0 Å². The van der Waals surface area contributed by atoms with Crippen LogP contribution in [-0.4, -0.2) is 28.3 Å². The highest BCUT2D eigenvalue weighted by molar-refractivity contribution is 9.10. The van der Waals surface area contributed by atoms with Crippen molar-refractivity contribution >= 4 is 15.9 Å². The molecule has 66 valence electrons. The van der Waals surface area contributed by atoms with Gasteiger partial charge in [0.1, 0.15) is 4.60 Å². The van der Waals surface area contributed by atoms with Crippen molar-refractivity contribution in [3.8, 4) is 0 Å². The molecule has 0 saturated carbocycles. The van der Waals surface area contributed by atoms with Gasteiger partial charge in [0.2, 0.25) is 0 Å². The zero-order valence-electron chi connectivity index (χ0n) is 7.34. The fourth-order valence-electron chi connectivity index (χ4n) is 1.68. The van der Waals surface area contributed by atoms with Gasteiger partial charge in [0.25, 0.3) is 0 Å². The predicted octanol–water partition coefficient (Wildman–Crippen LogP) is 1.17. The van der Waals surface area contributed by atoms with Crippen LogP contribution in [-0.2, 0) is 20.0 Å². The van der Waals surface area contributed by atoms with Gasteiger partial charge >= 0.3 is 0 Å². The molecule has 3 nitrogen and oxygen atoms in total. The monoisotopic (exact) mass is 229 g/mol. The van der Waals surface area contributed by atoms with Gasteiger partial charge in [-0.15, -0.1) is 0 Å². The molecule has 0 aromatic carbocycles. The minimum absolute atomic E-state index is 1.01. The summed E-state index contributed by atoms with van der Waals surface area (Å²) in [6, 6.07) is 0. The van der Waals surface area contributed by atoms with Gasteiger partial charge in [0.15, 0.2) is 0 Å². The van der Waals surface area contributed by atoms with Gasteiger partial charge in [-0.2, -0.15) is 5.10 Å². The molecule has 0 spiro atoms. The van der Waals surface area contributed by atoms with E-state index in [1.807, 2.05) is 11.7 Å². The second-order valence-corrected chi connectivity index (χ2v) is 4.08. The third-order valence-corrected chi connectivity index (χ3v) is 3.02. The Hall–Kier alpha value is -0.350. The number of aromatic nitrogens is 2. The van der Waals surface area contributed by atoms with Crippen LogP contribution in [0.2, 0.25) is 0 Å². The van der Waals surface area contributed by atoms with Crippen molar-refractivity contribution < 1.29 is 0 Å². The second kappa shape index (κ2) is 2.85. The van der Waals surface area contributed by atoms with E-state index in [1.165, 1.54) is 11.3 Å². The minimum atomic E-state index is 1.01. The SMILES string of the molecule is CN1CCc2c(c(Br)nn2C)C1. The Morgan fingerprint density at radius 2 is 2.17 bits per heavy atom. The van der Waals surface area contributed by atoms with E-state index in [4.69, 9.17) is 0 Å². The summed E-state index contributed by atoms with van der Waals surface area (Å²) in [6.07, 6.45) is 1.11. The number of halogens is 1. The lowest BCUT2D eigenvalue weighted by molar-refractivity contribution is 0.308. The summed E-state index contributed by atoms with van der Waals surface area (Å²) < 4.78 is 2.98. The Balaban J connectivity index is 2.45. The lowest BCUT2D eigenvalue weighted by Crippen LogP contribution is -2.27. The van der Waals surface area contributed by atoms with E-state index < -0.39 is 0 Å². The van der Waals surface area contributed by atoms with Crippen molar-refractivity contribution in [2.45, 2.75) is 13.0 Å². The number of fused-ring (bicyclic) bond motifs is 1. The van der Waals surface area contributed by atoms with Crippen molar-refractivity contribution in [1.82, 2.24) is 14.7 Å². The van der Waals surface area contributed by atoms with Gasteiger partial charge in [-0.25, -0.2) is 0 Å². The van der Waals surface area contributed by atoms with Crippen LogP contribution in [0.1, 0.15) is 11.3 Å². The largest absolute Gasteiger partial charge is 0.302 e. The number of likely N-dealkylation sites (N-methyl/N-ethyl adjacent to an activating group) is 1. The van der Waals surface area contributed by atoms with E-state index in [1.54, 1.807) is 0 Å². The fourth-order valence-corrected chi connectivity index (χ4v) is 2.27. The van der Waals surface area contributed by atoms with E-state index in [2.05, 4.69) is 33.0 Å². The standard InChI is InChI=1S/C8H12BrN3/c1-11-4-3-7-6(5-11)8(9)10-12(7)2/h3-5H2,1-2H3. The normalized spacial score (nSPS) is 17.9. The van der Waals surface area contributed by atoms with E-state index in [9.17, 15) is 0 Å². The van der Waals surface area contributed by atoms with Crippen LogP contribution in [0.5, 0.6) is 0 Å².